The van der Waals surface area contributed by atoms with Crippen LogP contribution in [0.5, 0.6) is 11.5 Å². The minimum Gasteiger partial charge on any atom is -0.454 e. The lowest BCUT2D eigenvalue weighted by Gasteiger charge is -2.30. The first kappa shape index (κ1) is 18.1. The Balaban J connectivity index is 1.36. The second kappa shape index (κ2) is 8.18. The fraction of sp³-hybridized carbons (Fsp3) is 0.300. The van der Waals surface area contributed by atoms with E-state index >= 15 is 0 Å². The lowest BCUT2D eigenvalue weighted by atomic mass is 10.2. The number of hydrogen-bond acceptors (Lipinski definition) is 6. The normalized spacial score (nSPS) is 15.2. The molecular weight excluding hydrogens is 362 g/mol. The Morgan fingerprint density at radius 1 is 0.964 bits per heavy atom. The van der Waals surface area contributed by atoms with Gasteiger partial charge in [-0.2, -0.15) is 0 Å². The molecule has 2 aromatic carbocycles. The molecule has 2 aliphatic heterocycles. The van der Waals surface area contributed by atoms with Crippen molar-refractivity contribution in [2.24, 2.45) is 0 Å². The number of carbonyl (C=O) groups is 2. The third-order valence-electron chi connectivity index (χ3n) is 4.60. The molecule has 2 heterocycles. The second-order valence-electron chi connectivity index (χ2n) is 6.44. The molecule has 0 aromatic heterocycles. The van der Waals surface area contributed by atoms with Crippen molar-refractivity contribution in [1.29, 1.82) is 0 Å². The van der Waals surface area contributed by atoms with Gasteiger partial charge < -0.3 is 29.7 Å². The summed E-state index contributed by atoms with van der Waals surface area (Å²) in [6.45, 7) is 3.16. The van der Waals surface area contributed by atoms with E-state index in [0.29, 0.717) is 30.4 Å². The highest BCUT2D eigenvalue weighted by Gasteiger charge is 2.19. The SMILES string of the molecule is O=C(NCc1ccc2c(c1)OCO2)C(=O)Nc1ccccc1N1CCOCC1. The van der Waals surface area contributed by atoms with Crippen molar-refractivity contribution in [3.63, 3.8) is 0 Å². The number of ether oxygens (including phenoxy) is 3. The van der Waals surface area contributed by atoms with Crippen LogP contribution in [0.4, 0.5) is 11.4 Å². The minimum absolute atomic E-state index is 0.191. The van der Waals surface area contributed by atoms with Crippen molar-refractivity contribution >= 4 is 23.2 Å². The van der Waals surface area contributed by atoms with E-state index < -0.39 is 11.8 Å². The summed E-state index contributed by atoms with van der Waals surface area (Å²) in [7, 11) is 0. The Kier molecular flexibility index (Phi) is 5.29. The minimum atomic E-state index is -0.707. The molecule has 8 nitrogen and oxygen atoms in total. The summed E-state index contributed by atoms with van der Waals surface area (Å²) in [5.74, 6) is -0.0981. The maximum absolute atomic E-state index is 12.3. The Bertz CT molecular complexity index is 880. The number of para-hydroxylation sites is 2. The molecule has 2 aliphatic rings. The molecule has 0 bridgehead atoms. The van der Waals surface area contributed by atoms with Crippen LogP contribution in [0.1, 0.15) is 5.56 Å². The first-order chi connectivity index (χ1) is 13.7. The molecule has 2 N–H and O–H groups in total. The summed E-state index contributed by atoms with van der Waals surface area (Å²) in [6.07, 6.45) is 0. The van der Waals surface area contributed by atoms with Gasteiger partial charge in [0.25, 0.3) is 0 Å². The number of anilines is 2. The van der Waals surface area contributed by atoms with Crippen LogP contribution in [0.3, 0.4) is 0 Å². The van der Waals surface area contributed by atoms with E-state index in [1.54, 1.807) is 18.2 Å². The highest BCUT2D eigenvalue weighted by molar-refractivity contribution is 6.39. The van der Waals surface area contributed by atoms with Crippen LogP contribution in [0, 0.1) is 0 Å². The maximum atomic E-state index is 12.3. The van der Waals surface area contributed by atoms with E-state index in [2.05, 4.69) is 15.5 Å². The number of amides is 2. The molecule has 0 saturated carbocycles. The Labute approximate surface area is 162 Å². The van der Waals surface area contributed by atoms with E-state index in [1.807, 2.05) is 24.3 Å². The summed E-state index contributed by atoms with van der Waals surface area (Å²) in [4.78, 5) is 26.7. The number of nitrogens with zero attached hydrogens (tertiary/aromatic N) is 1. The van der Waals surface area contributed by atoms with Crippen LogP contribution in [0.2, 0.25) is 0 Å². The molecule has 1 fully saturated rings. The van der Waals surface area contributed by atoms with Crippen molar-refractivity contribution in [1.82, 2.24) is 5.32 Å². The van der Waals surface area contributed by atoms with Gasteiger partial charge in [0.15, 0.2) is 11.5 Å². The summed E-state index contributed by atoms with van der Waals surface area (Å²) in [6, 6.07) is 12.8. The molecule has 2 amide bonds. The number of fused-ring (bicyclic) bond motifs is 1. The van der Waals surface area contributed by atoms with Gasteiger partial charge in [0.2, 0.25) is 6.79 Å². The van der Waals surface area contributed by atoms with E-state index in [-0.39, 0.29) is 13.3 Å². The maximum Gasteiger partial charge on any atom is 0.313 e. The van der Waals surface area contributed by atoms with Crippen LogP contribution in [-0.4, -0.2) is 44.9 Å². The van der Waals surface area contributed by atoms with Crippen molar-refractivity contribution < 1.29 is 23.8 Å². The first-order valence-corrected chi connectivity index (χ1v) is 9.10. The summed E-state index contributed by atoms with van der Waals surface area (Å²) < 4.78 is 15.9. The molecule has 8 heteroatoms. The zero-order chi connectivity index (χ0) is 19.3. The predicted molar refractivity (Wildman–Crippen MR) is 103 cm³/mol. The van der Waals surface area contributed by atoms with Crippen LogP contribution in [-0.2, 0) is 20.9 Å². The standard InChI is InChI=1S/C20H21N3O5/c24-19(21-12-14-5-6-17-18(11-14)28-13-27-17)20(25)22-15-3-1-2-4-16(15)23-7-9-26-10-8-23/h1-6,11H,7-10,12-13H2,(H,21,24)(H,22,25). The van der Waals surface area contributed by atoms with Gasteiger partial charge in [0.05, 0.1) is 24.6 Å². The Morgan fingerprint density at radius 2 is 1.75 bits per heavy atom. The molecule has 0 unspecified atom stereocenters. The Morgan fingerprint density at radius 3 is 2.61 bits per heavy atom. The average Bonchev–Trinajstić information content (AvgIpc) is 3.21. The average molecular weight is 383 g/mol. The van der Waals surface area contributed by atoms with Gasteiger partial charge in [-0.25, -0.2) is 0 Å². The van der Waals surface area contributed by atoms with Gasteiger partial charge in [-0.1, -0.05) is 18.2 Å². The molecule has 2 aromatic rings. The number of carbonyl (C=O) groups excluding carboxylic acids is 2. The van der Waals surface area contributed by atoms with Crippen LogP contribution in [0.25, 0.3) is 0 Å². The second-order valence-corrected chi connectivity index (χ2v) is 6.44. The highest BCUT2D eigenvalue weighted by Crippen LogP contribution is 2.32. The molecule has 0 aliphatic carbocycles. The number of hydrogen-bond donors (Lipinski definition) is 2. The lowest BCUT2D eigenvalue weighted by Crippen LogP contribution is -2.38. The van der Waals surface area contributed by atoms with Crippen LogP contribution in [0.15, 0.2) is 42.5 Å². The molecule has 0 radical (unpaired) electrons. The summed E-state index contributed by atoms with van der Waals surface area (Å²) in [5, 5.41) is 5.34. The third-order valence-corrected chi connectivity index (χ3v) is 4.60. The number of nitrogens with one attached hydrogen (secondary N) is 2. The van der Waals surface area contributed by atoms with E-state index in [9.17, 15) is 9.59 Å². The van der Waals surface area contributed by atoms with E-state index in [0.717, 1.165) is 24.3 Å². The molecular formula is C20H21N3O5. The Hall–Kier alpha value is -3.26. The van der Waals surface area contributed by atoms with Crippen LogP contribution < -0.4 is 25.0 Å². The topological polar surface area (TPSA) is 89.1 Å². The summed E-state index contributed by atoms with van der Waals surface area (Å²) >= 11 is 0. The number of benzene rings is 2. The highest BCUT2D eigenvalue weighted by atomic mass is 16.7. The van der Waals surface area contributed by atoms with Crippen LogP contribution >= 0.6 is 0 Å². The largest absolute Gasteiger partial charge is 0.454 e. The molecule has 1 saturated heterocycles. The van der Waals surface area contributed by atoms with Gasteiger partial charge in [0.1, 0.15) is 0 Å². The first-order valence-electron chi connectivity index (χ1n) is 9.10. The zero-order valence-electron chi connectivity index (χ0n) is 15.3. The lowest BCUT2D eigenvalue weighted by molar-refractivity contribution is -0.136. The van der Waals surface area contributed by atoms with E-state index in [1.165, 1.54) is 0 Å². The van der Waals surface area contributed by atoms with Crippen molar-refractivity contribution in [2.45, 2.75) is 6.54 Å². The monoisotopic (exact) mass is 383 g/mol. The number of rotatable bonds is 4. The van der Waals surface area contributed by atoms with Gasteiger partial charge in [0, 0.05) is 19.6 Å². The zero-order valence-corrected chi connectivity index (χ0v) is 15.3. The predicted octanol–water partition coefficient (Wildman–Crippen LogP) is 1.51. The third kappa shape index (κ3) is 4.01. The van der Waals surface area contributed by atoms with Gasteiger partial charge >= 0.3 is 11.8 Å². The number of morpholine rings is 1. The van der Waals surface area contributed by atoms with E-state index in [4.69, 9.17) is 14.2 Å². The quantitative estimate of drug-likeness (QED) is 0.778. The fourth-order valence-corrected chi connectivity index (χ4v) is 3.15. The molecule has 4 rings (SSSR count). The van der Waals surface area contributed by atoms with Crippen molar-refractivity contribution in [3.8, 4) is 11.5 Å². The van der Waals surface area contributed by atoms with Crippen molar-refractivity contribution in [3.05, 3.63) is 48.0 Å². The molecule has 146 valence electrons. The van der Waals surface area contributed by atoms with Crippen molar-refractivity contribution in [2.75, 3.05) is 43.3 Å². The fourth-order valence-electron chi connectivity index (χ4n) is 3.15. The van der Waals surface area contributed by atoms with Gasteiger partial charge in [-0.15, -0.1) is 0 Å². The van der Waals surface area contributed by atoms with Gasteiger partial charge in [-0.3, -0.25) is 9.59 Å². The molecule has 0 atom stereocenters. The summed E-state index contributed by atoms with van der Waals surface area (Å²) in [5.41, 5.74) is 2.30. The molecule has 28 heavy (non-hydrogen) atoms. The molecule has 0 spiro atoms. The van der Waals surface area contributed by atoms with Gasteiger partial charge in [-0.05, 0) is 29.8 Å². The smallest absolute Gasteiger partial charge is 0.313 e.